The van der Waals surface area contributed by atoms with Crippen LogP contribution in [-0.2, 0) is 17.1 Å². The number of hydrogen-bond acceptors (Lipinski definition) is 0. The molecule has 5 aromatic rings. The summed E-state index contributed by atoms with van der Waals surface area (Å²) >= 11 is -4.07. The van der Waals surface area contributed by atoms with E-state index in [2.05, 4.69) is 195 Å². The second-order valence-corrected chi connectivity index (χ2v) is 73.7. The molecular formula is C45H52HfSi3. The molecule has 2 aliphatic rings. The predicted molar refractivity (Wildman–Crippen MR) is 223 cm³/mol. The van der Waals surface area contributed by atoms with E-state index in [0.717, 1.165) is 0 Å². The Bertz CT molecular complexity index is 2050. The Morgan fingerprint density at radius 2 is 0.898 bits per heavy atom. The second kappa shape index (κ2) is 12.4. The van der Waals surface area contributed by atoms with Crippen LogP contribution in [0.15, 0.2) is 127 Å². The molecule has 2 unspecified atom stereocenters. The molecule has 0 nitrogen and oxygen atoms in total. The van der Waals surface area contributed by atoms with Crippen molar-refractivity contribution in [2.75, 3.05) is 0 Å². The van der Waals surface area contributed by atoms with Gasteiger partial charge in [0.05, 0.1) is 0 Å². The Morgan fingerprint density at radius 3 is 1.29 bits per heavy atom. The van der Waals surface area contributed by atoms with Crippen LogP contribution in [0.5, 0.6) is 0 Å². The van der Waals surface area contributed by atoms with Gasteiger partial charge in [-0.15, -0.1) is 0 Å². The maximum atomic E-state index is 2.84. The molecule has 248 valence electrons. The Balaban J connectivity index is 1.39. The van der Waals surface area contributed by atoms with Gasteiger partial charge in [0.1, 0.15) is 0 Å². The van der Waals surface area contributed by atoms with Crippen LogP contribution < -0.4 is 15.6 Å². The van der Waals surface area contributed by atoms with Crippen LogP contribution in [-0.4, -0.2) is 21.6 Å². The molecule has 7 rings (SSSR count). The molecule has 0 fully saturated rings. The fraction of sp³-hybridized carbons (Fsp3) is 0.244. The SMILES string of the molecule is C[Si](c1ccccc1)=[Hf]([CH3])([CH3])([CH]1C=Cc2c(-c3ccc([Si](C)(C)C)cc3)cccc21)[CH]1C=Cc2c(-c3ccc([Si](C)(C)C)cc3)cccc21. The average Bonchev–Trinajstić information content (AvgIpc) is 3.74. The van der Waals surface area contributed by atoms with E-state index in [1.807, 2.05) is 0 Å². The fourth-order valence-electron chi connectivity index (χ4n) is 8.83. The zero-order valence-electron chi connectivity index (χ0n) is 30.9. The molecule has 0 amide bonds. The van der Waals surface area contributed by atoms with E-state index >= 15 is 0 Å². The average molecular weight is 856 g/mol. The molecule has 0 aromatic heterocycles. The van der Waals surface area contributed by atoms with Crippen LogP contribution in [0.2, 0.25) is 55.2 Å². The summed E-state index contributed by atoms with van der Waals surface area (Å²) in [5.41, 5.74) is 10.5. The van der Waals surface area contributed by atoms with Crippen LogP contribution >= 0.6 is 0 Å². The van der Waals surface area contributed by atoms with Crippen LogP contribution in [0.1, 0.15) is 29.6 Å². The van der Waals surface area contributed by atoms with Crippen LogP contribution in [0.4, 0.5) is 0 Å². The van der Waals surface area contributed by atoms with Gasteiger partial charge in [-0.25, -0.2) is 0 Å². The molecule has 0 radical (unpaired) electrons. The van der Waals surface area contributed by atoms with Gasteiger partial charge in [-0.05, 0) is 0 Å². The molecule has 2 atom stereocenters. The first-order valence-electron chi connectivity index (χ1n) is 18.1. The zero-order valence-corrected chi connectivity index (χ0v) is 37.5. The molecule has 0 N–H and O–H groups in total. The summed E-state index contributed by atoms with van der Waals surface area (Å²) in [5.74, 6) is 0. The van der Waals surface area contributed by atoms with E-state index < -0.39 is 38.8 Å². The number of allylic oxidation sites excluding steroid dienone is 2. The molecular weight excluding hydrogens is 803 g/mol. The van der Waals surface area contributed by atoms with Crippen molar-refractivity contribution in [1.29, 1.82) is 0 Å². The van der Waals surface area contributed by atoms with E-state index in [1.54, 1.807) is 16.3 Å². The van der Waals surface area contributed by atoms with Crippen molar-refractivity contribution in [2.24, 2.45) is 0 Å². The Morgan fingerprint density at radius 1 is 0.490 bits per heavy atom. The third-order valence-corrected chi connectivity index (χ3v) is 71.1. The summed E-state index contributed by atoms with van der Waals surface area (Å²) in [6.07, 6.45) is 10.3. The van der Waals surface area contributed by atoms with Crippen molar-refractivity contribution in [2.45, 2.75) is 62.5 Å². The standard InChI is InChI=1S/2C18H19Si.C7H8Si.2CH3.Hf/c2*1-19(2,3)16-12-10-15(11-13-16)18-9-5-7-14-6-4-8-17(14)18;1-8-7-5-3-2-4-6-7;;;/h2*4-13H,1-3H3;2-6H,1H3;2*1H3;. The van der Waals surface area contributed by atoms with Gasteiger partial charge in [-0.2, -0.15) is 0 Å². The van der Waals surface area contributed by atoms with Gasteiger partial charge in [0.15, 0.2) is 0 Å². The summed E-state index contributed by atoms with van der Waals surface area (Å²) in [6, 6.07) is 45.0. The van der Waals surface area contributed by atoms with E-state index in [1.165, 1.54) is 43.8 Å². The minimum atomic E-state index is -4.07. The third kappa shape index (κ3) is 5.91. The normalized spacial score (nSPS) is 17.3. The van der Waals surface area contributed by atoms with Crippen LogP contribution in [0.25, 0.3) is 34.4 Å². The van der Waals surface area contributed by atoms with Crippen molar-refractivity contribution < 1.29 is 17.1 Å². The Kier molecular flexibility index (Phi) is 8.74. The van der Waals surface area contributed by atoms with Crippen molar-refractivity contribution in [3.63, 3.8) is 0 Å². The second-order valence-electron chi connectivity index (χ2n) is 17.5. The fourth-order valence-corrected chi connectivity index (χ4v) is 54.5. The molecule has 0 saturated heterocycles. The molecule has 0 bridgehead atoms. The van der Waals surface area contributed by atoms with Gasteiger partial charge < -0.3 is 0 Å². The molecule has 4 heteroatoms. The molecule has 5 aromatic carbocycles. The van der Waals surface area contributed by atoms with Gasteiger partial charge in [-0.1, -0.05) is 0 Å². The summed E-state index contributed by atoms with van der Waals surface area (Å²) in [5, 5.41) is 4.63. The molecule has 0 heterocycles. The third-order valence-electron chi connectivity index (χ3n) is 12.3. The minimum absolute atomic E-state index is 0.479. The van der Waals surface area contributed by atoms with Crippen molar-refractivity contribution in [3.05, 3.63) is 150 Å². The number of rotatable bonds is 7. The molecule has 0 saturated carbocycles. The zero-order chi connectivity index (χ0) is 34.8. The summed E-state index contributed by atoms with van der Waals surface area (Å²) in [7, 11) is -2.71. The monoisotopic (exact) mass is 856 g/mol. The predicted octanol–water partition coefficient (Wildman–Crippen LogP) is 11.3. The quantitative estimate of drug-likeness (QED) is 0.143. The maximum absolute atomic E-state index is 4.07. The first-order chi connectivity index (χ1) is 23.2. The van der Waals surface area contributed by atoms with Crippen LogP contribution in [0.3, 0.4) is 0 Å². The molecule has 0 aliphatic heterocycles. The Labute approximate surface area is 298 Å². The van der Waals surface area contributed by atoms with E-state index in [9.17, 15) is 0 Å². The number of benzene rings is 5. The summed E-state index contributed by atoms with van der Waals surface area (Å²) < 4.78 is 6.65. The van der Waals surface area contributed by atoms with Gasteiger partial charge >= 0.3 is 301 Å². The first kappa shape index (κ1) is 34.5. The van der Waals surface area contributed by atoms with Gasteiger partial charge in [0.25, 0.3) is 0 Å². The van der Waals surface area contributed by atoms with E-state index in [-0.39, 0.29) is 0 Å². The van der Waals surface area contributed by atoms with E-state index in [4.69, 9.17) is 0 Å². The topological polar surface area (TPSA) is 0 Å². The van der Waals surface area contributed by atoms with Crippen molar-refractivity contribution in [1.82, 2.24) is 0 Å². The van der Waals surface area contributed by atoms with Gasteiger partial charge in [0.2, 0.25) is 0 Å². The van der Waals surface area contributed by atoms with Crippen molar-refractivity contribution >= 4 is 49.4 Å². The molecule has 49 heavy (non-hydrogen) atoms. The van der Waals surface area contributed by atoms with Crippen molar-refractivity contribution in [3.8, 4) is 22.3 Å². The molecule has 0 spiro atoms. The van der Waals surface area contributed by atoms with E-state index in [0.29, 0.717) is 7.35 Å². The van der Waals surface area contributed by atoms with Crippen LogP contribution in [0, 0.1) is 0 Å². The first-order valence-corrected chi connectivity index (χ1v) is 43.8. The Hall–Kier alpha value is -2.90. The number of hydrogen-bond donors (Lipinski definition) is 0. The summed E-state index contributed by atoms with van der Waals surface area (Å²) in [4.78, 5) is 0. The molecule has 2 aliphatic carbocycles. The van der Waals surface area contributed by atoms with Gasteiger partial charge in [-0.3, -0.25) is 0 Å². The summed E-state index contributed by atoms with van der Waals surface area (Å²) in [6.45, 7) is 17.3. The number of fused-ring (bicyclic) bond motifs is 2. The van der Waals surface area contributed by atoms with Gasteiger partial charge in [0, 0.05) is 0 Å².